The van der Waals surface area contributed by atoms with Crippen LogP contribution in [0.5, 0.6) is 0 Å². The van der Waals surface area contributed by atoms with Crippen LogP contribution in [0.25, 0.3) is 5.57 Å². The zero-order chi connectivity index (χ0) is 19.4. The molecule has 1 aromatic carbocycles. The number of allylic oxidation sites excluding steroid dienone is 1. The van der Waals surface area contributed by atoms with Crippen molar-refractivity contribution in [3.8, 4) is 0 Å². The van der Waals surface area contributed by atoms with Crippen LogP contribution in [0.1, 0.15) is 76.3 Å². The highest BCUT2D eigenvalue weighted by atomic mass is 19.2. The third-order valence-corrected chi connectivity index (χ3v) is 6.68. The highest BCUT2D eigenvalue weighted by molar-refractivity contribution is 5.66. The largest absolute Gasteiger partial charge is 0.251 e. The van der Waals surface area contributed by atoms with Crippen LogP contribution in [-0.2, 0) is 6.42 Å². The van der Waals surface area contributed by atoms with Crippen LogP contribution in [0, 0.1) is 29.4 Å². The molecule has 1 saturated carbocycles. The number of alkyl halides is 1. The van der Waals surface area contributed by atoms with Crippen molar-refractivity contribution < 1.29 is 13.2 Å². The smallest absolute Gasteiger partial charge is 0.167 e. The summed E-state index contributed by atoms with van der Waals surface area (Å²) in [7, 11) is 0. The van der Waals surface area contributed by atoms with Gasteiger partial charge in [-0.05, 0) is 67.9 Å². The topological polar surface area (TPSA) is 0 Å². The maximum atomic E-state index is 14.6. The van der Waals surface area contributed by atoms with Gasteiger partial charge in [0, 0.05) is 17.6 Å². The molecule has 0 saturated heterocycles. The Hall–Kier alpha value is -1.47. The van der Waals surface area contributed by atoms with E-state index >= 15 is 0 Å². The molecule has 1 aromatic rings. The van der Waals surface area contributed by atoms with Gasteiger partial charge in [0.1, 0.15) is 0 Å². The SMILES string of the molecule is CCC1CCC(C2CCC(c3ccc(CCF)c(F)c3F)=C=C(C)C2)CC1. The molecule has 3 heteroatoms. The van der Waals surface area contributed by atoms with Crippen LogP contribution in [0.3, 0.4) is 0 Å². The summed E-state index contributed by atoms with van der Waals surface area (Å²) in [6.07, 6.45) is 9.20. The van der Waals surface area contributed by atoms with Gasteiger partial charge in [0.15, 0.2) is 11.6 Å². The first kappa shape index (κ1) is 20.3. The lowest BCUT2D eigenvalue weighted by Crippen LogP contribution is -2.21. The van der Waals surface area contributed by atoms with Gasteiger partial charge in [-0.1, -0.05) is 38.3 Å². The third-order valence-electron chi connectivity index (χ3n) is 6.68. The van der Waals surface area contributed by atoms with Crippen molar-refractivity contribution in [3.63, 3.8) is 0 Å². The second kappa shape index (κ2) is 9.15. The van der Waals surface area contributed by atoms with E-state index in [1.165, 1.54) is 38.2 Å². The van der Waals surface area contributed by atoms with Gasteiger partial charge in [-0.15, -0.1) is 5.73 Å². The third kappa shape index (κ3) is 4.69. The average Bonchev–Trinajstić information content (AvgIpc) is 2.87. The quantitative estimate of drug-likeness (QED) is 0.469. The average molecular weight is 377 g/mol. The summed E-state index contributed by atoms with van der Waals surface area (Å²) in [5, 5.41) is 0. The zero-order valence-electron chi connectivity index (χ0n) is 16.6. The molecule has 0 radical (unpaired) electrons. The second-order valence-corrected chi connectivity index (χ2v) is 8.42. The Balaban J connectivity index is 1.75. The molecule has 0 nitrogen and oxygen atoms in total. The predicted molar refractivity (Wildman–Crippen MR) is 105 cm³/mol. The van der Waals surface area contributed by atoms with Crippen molar-refractivity contribution >= 4 is 5.57 Å². The Bertz CT molecular complexity index is 719. The molecule has 0 bridgehead atoms. The standard InChI is InChI=1S/C24H31F3/c1-3-17-4-6-18(7-5-17)20-8-9-21(15-16(2)14-20)22-11-10-19(12-13-25)23(26)24(22)27/h10-11,17-18,20H,3-9,12-14H2,1-2H3. The van der Waals surface area contributed by atoms with E-state index < -0.39 is 18.3 Å². The highest BCUT2D eigenvalue weighted by Crippen LogP contribution is 2.41. The minimum Gasteiger partial charge on any atom is -0.251 e. The molecule has 3 rings (SSSR count). The van der Waals surface area contributed by atoms with Crippen molar-refractivity contribution in [2.75, 3.05) is 6.67 Å². The van der Waals surface area contributed by atoms with Crippen LogP contribution in [-0.4, -0.2) is 6.67 Å². The van der Waals surface area contributed by atoms with E-state index in [1.807, 2.05) is 0 Å². The Labute approximate surface area is 161 Å². The van der Waals surface area contributed by atoms with Crippen molar-refractivity contribution in [1.82, 2.24) is 0 Å². The van der Waals surface area contributed by atoms with Crippen LogP contribution in [0.2, 0.25) is 0 Å². The number of halogens is 3. The molecule has 0 amide bonds. The van der Waals surface area contributed by atoms with Gasteiger partial charge in [-0.25, -0.2) is 8.78 Å². The van der Waals surface area contributed by atoms with Gasteiger partial charge in [0.2, 0.25) is 0 Å². The Morgan fingerprint density at radius 1 is 1.00 bits per heavy atom. The monoisotopic (exact) mass is 376 g/mol. The minimum atomic E-state index is -0.907. The van der Waals surface area contributed by atoms with Crippen molar-refractivity contribution in [2.24, 2.45) is 17.8 Å². The van der Waals surface area contributed by atoms with Crippen molar-refractivity contribution in [1.29, 1.82) is 0 Å². The minimum absolute atomic E-state index is 0.0839. The Morgan fingerprint density at radius 2 is 1.74 bits per heavy atom. The second-order valence-electron chi connectivity index (χ2n) is 8.42. The first-order valence-corrected chi connectivity index (χ1v) is 10.5. The number of aryl methyl sites for hydroxylation is 1. The fourth-order valence-corrected chi connectivity index (χ4v) is 4.99. The molecule has 2 aliphatic rings. The fourth-order valence-electron chi connectivity index (χ4n) is 4.99. The van der Waals surface area contributed by atoms with Gasteiger partial charge >= 0.3 is 0 Å². The van der Waals surface area contributed by atoms with E-state index in [4.69, 9.17) is 0 Å². The van der Waals surface area contributed by atoms with Gasteiger partial charge in [0.25, 0.3) is 0 Å². The summed E-state index contributed by atoms with van der Waals surface area (Å²) in [4.78, 5) is 0. The number of rotatable bonds is 5. The van der Waals surface area contributed by atoms with Crippen LogP contribution in [0.4, 0.5) is 13.2 Å². The molecule has 0 N–H and O–H groups in total. The highest BCUT2D eigenvalue weighted by Gasteiger charge is 2.28. The summed E-state index contributed by atoms with van der Waals surface area (Å²) >= 11 is 0. The van der Waals surface area contributed by atoms with E-state index in [1.54, 1.807) is 6.07 Å². The Morgan fingerprint density at radius 3 is 2.41 bits per heavy atom. The normalized spacial score (nSPS) is 26.3. The summed E-state index contributed by atoms with van der Waals surface area (Å²) in [6.45, 7) is 3.66. The van der Waals surface area contributed by atoms with Crippen LogP contribution >= 0.6 is 0 Å². The van der Waals surface area contributed by atoms with Gasteiger partial charge in [-0.2, -0.15) is 0 Å². The maximum absolute atomic E-state index is 14.6. The number of hydrogen-bond acceptors (Lipinski definition) is 0. The van der Waals surface area contributed by atoms with Crippen LogP contribution < -0.4 is 0 Å². The summed E-state index contributed by atoms with van der Waals surface area (Å²) in [6, 6.07) is 3.12. The van der Waals surface area contributed by atoms with E-state index in [0.29, 0.717) is 11.5 Å². The van der Waals surface area contributed by atoms with Crippen molar-refractivity contribution in [3.05, 3.63) is 46.2 Å². The molecule has 1 unspecified atom stereocenters. The van der Waals surface area contributed by atoms with Gasteiger partial charge in [-0.3, -0.25) is 4.39 Å². The lowest BCUT2D eigenvalue weighted by atomic mass is 9.72. The Kier molecular flexibility index (Phi) is 6.87. The molecule has 0 spiro atoms. The van der Waals surface area contributed by atoms with E-state index in [0.717, 1.165) is 42.2 Å². The lowest BCUT2D eigenvalue weighted by Gasteiger charge is -2.33. The summed E-state index contributed by atoms with van der Waals surface area (Å²) in [5.74, 6) is 0.495. The zero-order valence-corrected chi connectivity index (χ0v) is 16.6. The molecule has 148 valence electrons. The molecule has 1 fully saturated rings. The fraction of sp³-hybridized carbons (Fsp3) is 0.625. The van der Waals surface area contributed by atoms with E-state index in [9.17, 15) is 13.2 Å². The molecule has 2 aliphatic carbocycles. The first-order chi connectivity index (χ1) is 13.0. The molecule has 1 atom stereocenters. The molecule has 0 aliphatic heterocycles. The number of hydrogen-bond donors (Lipinski definition) is 0. The summed E-state index contributed by atoms with van der Waals surface area (Å²) in [5.41, 5.74) is 5.66. The molecular weight excluding hydrogens is 345 g/mol. The molecule has 0 aromatic heterocycles. The van der Waals surface area contributed by atoms with Gasteiger partial charge < -0.3 is 0 Å². The molecule has 27 heavy (non-hydrogen) atoms. The van der Waals surface area contributed by atoms with Gasteiger partial charge in [0.05, 0.1) is 6.67 Å². The molecule has 0 heterocycles. The number of benzene rings is 1. The maximum Gasteiger partial charge on any atom is 0.167 e. The van der Waals surface area contributed by atoms with E-state index in [2.05, 4.69) is 19.6 Å². The summed E-state index contributed by atoms with van der Waals surface area (Å²) < 4.78 is 41.4. The van der Waals surface area contributed by atoms with Crippen LogP contribution in [0.15, 0.2) is 23.4 Å². The van der Waals surface area contributed by atoms with Crippen molar-refractivity contribution in [2.45, 2.75) is 71.6 Å². The lowest BCUT2D eigenvalue weighted by molar-refractivity contribution is 0.193. The predicted octanol–water partition coefficient (Wildman–Crippen LogP) is 7.42. The first-order valence-electron chi connectivity index (χ1n) is 10.5. The van der Waals surface area contributed by atoms with E-state index in [-0.39, 0.29) is 12.0 Å². The molecular formula is C24H31F3.